The summed E-state index contributed by atoms with van der Waals surface area (Å²) in [7, 11) is 0. The molecule has 1 N–H and O–H groups in total. The van der Waals surface area contributed by atoms with Crippen molar-refractivity contribution in [3.8, 4) is 0 Å². The molecule has 0 amide bonds. The largest absolute Gasteiger partial charge is 0.298 e. The monoisotopic (exact) mass is 377 g/mol. The number of aromatic amines is 1. The molecule has 0 spiro atoms. The standard InChI is InChI=1S/C17H13Cl2N3OS/c18-13-7-6-12(14(19)9-13)10-24-17-20-16(23)15(21-22-17)8-11-4-2-1-3-5-11/h1-7,9H,8,10H2,(H,20,22,23). The molecule has 2 aromatic carbocycles. The molecule has 24 heavy (non-hydrogen) atoms. The van der Waals surface area contributed by atoms with Crippen LogP contribution in [0.3, 0.4) is 0 Å². The molecule has 3 rings (SSSR count). The lowest BCUT2D eigenvalue weighted by atomic mass is 10.1. The van der Waals surface area contributed by atoms with Gasteiger partial charge in [0.2, 0.25) is 0 Å². The number of nitrogens with zero attached hydrogens (tertiary/aromatic N) is 2. The molecule has 0 saturated heterocycles. The number of thioether (sulfide) groups is 1. The van der Waals surface area contributed by atoms with E-state index in [-0.39, 0.29) is 5.56 Å². The predicted molar refractivity (Wildman–Crippen MR) is 97.9 cm³/mol. The quantitative estimate of drug-likeness (QED) is 0.671. The first-order valence-electron chi connectivity index (χ1n) is 7.18. The van der Waals surface area contributed by atoms with Gasteiger partial charge in [0.25, 0.3) is 5.56 Å². The molecule has 4 nitrogen and oxygen atoms in total. The van der Waals surface area contributed by atoms with Gasteiger partial charge < -0.3 is 0 Å². The third kappa shape index (κ3) is 4.38. The molecule has 122 valence electrons. The Morgan fingerprint density at radius 1 is 1.04 bits per heavy atom. The van der Waals surface area contributed by atoms with Gasteiger partial charge in [-0.3, -0.25) is 9.78 Å². The Morgan fingerprint density at radius 2 is 1.83 bits per heavy atom. The highest BCUT2D eigenvalue weighted by Crippen LogP contribution is 2.26. The lowest BCUT2D eigenvalue weighted by Crippen LogP contribution is -2.17. The van der Waals surface area contributed by atoms with Crippen molar-refractivity contribution in [3.05, 3.63) is 85.8 Å². The summed E-state index contributed by atoms with van der Waals surface area (Å²) in [6.45, 7) is 0. The molecule has 0 aliphatic carbocycles. The predicted octanol–water partition coefficient (Wildman–Crippen LogP) is 4.35. The van der Waals surface area contributed by atoms with E-state index in [1.165, 1.54) is 11.8 Å². The van der Waals surface area contributed by atoms with E-state index in [4.69, 9.17) is 23.2 Å². The molecular formula is C17H13Cl2N3OS. The van der Waals surface area contributed by atoms with Crippen molar-refractivity contribution >= 4 is 35.0 Å². The van der Waals surface area contributed by atoms with Gasteiger partial charge in [-0.25, -0.2) is 0 Å². The number of nitrogens with one attached hydrogen (secondary N) is 1. The highest BCUT2D eigenvalue weighted by atomic mass is 35.5. The van der Waals surface area contributed by atoms with Crippen LogP contribution in [0, 0.1) is 0 Å². The van der Waals surface area contributed by atoms with E-state index in [2.05, 4.69) is 15.2 Å². The van der Waals surface area contributed by atoms with Gasteiger partial charge in [-0.15, -0.1) is 10.2 Å². The normalized spacial score (nSPS) is 10.8. The molecule has 0 fully saturated rings. The van der Waals surface area contributed by atoms with E-state index in [1.807, 2.05) is 36.4 Å². The van der Waals surface area contributed by atoms with Gasteiger partial charge in [-0.2, -0.15) is 0 Å². The van der Waals surface area contributed by atoms with Crippen LogP contribution in [0.2, 0.25) is 10.0 Å². The molecule has 7 heteroatoms. The lowest BCUT2D eigenvalue weighted by molar-refractivity contribution is 0.772. The molecule has 3 aromatic rings. The number of rotatable bonds is 5. The van der Waals surface area contributed by atoms with Gasteiger partial charge in [-0.05, 0) is 23.3 Å². The average Bonchev–Trinajstić information content (AvgIpc) is 2.57. The Morgan fingerprint density at radius 3 is 2.54 bits per heavy atom. The van der Waals surface area contributed by atoms with Crippen LogP contribution in [-0.2, 0) is 12.2 Å². The van der Waals surface area contributed by atoms with Crippen molar-refractivity contribution < 1.29 is 0 Å². The fraction of sp³-hybridized carbons (Fsp3) is 0.118. The molecule has 1 aromatic heterocycles. The number of hydrogen-bond acceptors (Lipinski definition) is 4. The Labute approximate surface area is 153 Å². The molecular weight excluding hydrogens is 365 g/mol. The molecule has 0 aliphatic heterocycles. The van der Waals surface area contributed by atoms with Crippen LogP contribution >= 0.6 is 35.0 Å². The first kappa shape index (κ1) is 17.0. The van der Waals surface area contributed by atoms with E-state index >= 15 is 0 Å². The first-order chi connectivity index (χ1) is 11.6. The number of benzene rings is 2. The zero-order chi connectivity index (χ0) is 16.9. The highest BCUT2D eigenvalue weighted by Gasteiger charge is 2.08. The van der Waals surface area contributed by atoms with Gasteiger partial charge >= 0.3 is 0 Å². The van der Waals surface area contributed by atoms with Crippen LogP contribution in [0.4, 0.5) is 0 Å². The van der Waals surface area contributed by atoms with Crippen molar-refractivity contribution in [2.75, 3.05) is 0 Å². The summed E-state index contributed by atoms with van der Waals surface area (Å²) in [4.78, 5) is 14.9. The van der Waals surface area contributed by atoms with Crippen LogP contribution in [0.25, 0.3) is 0 Å². The van der Waals surface area contributed by atoms with Crippen LogP contribution in [-0.4, -0.2) is 15.2 Å². The number of hydrogen-bond donors (Lipinski definition) is 1. The number of halogens is 2. The minimum Gasteiger partial charge on any atom is -0.298 e. The van der Waals surface area contributed by atoms with Crippen molar-refractivity contribution in [1.29, 1.82) is 0 Å². The van der Waals surface area contributed by atoms with Gasteiger partial charge in [0.1, 0.15) is 5.69 Å². The van der Waals surface area contributed by atoms with Crippen LogP contribution in [0.15, 0.2) is 58.5 Å². The topological polar surface area (TPSA) is 58.6 Å². The summed E-state index contributed by atoms with van der Waals surface area (Å²) < 4.78 is 0. The zero-order valence-electron chi connectivity index (χ0n) is 12.5. The summed E-state index contributed by atoms with van der Waals surface area (Å²) in [5.74, 6) is 0.568. The molecule has 0 aliphatic rings. The van der Waals surface area contributed by atoms with E-state index in [9.17, 15) is 4.79 Å². The summed E-state index contributed by atoms with van der Waals surface area (Å²) in [6.07, 6.45) is 0.455. The molecule has 1 heterocycles. The minimum absolute atomic E-state index is 0.224. The summed E-state index contributed by atoms with van der Waals surface area (Å²) in [6, 6.07) is 15.0. The third-order valence-electron chi connectivity index (χ3n) is 3.34. The number of H-pyrrole nitrogens is 1. The average molecular weight is 378 g/mol. The molecule has 0 saturated carbocycles. The minimum atomic E-state index is -0.224. The Kier molecular flexibility index (Phi) is 5.56. The lowest BCUT2D eigenvalue weighted by Gasteiger charge is -2.05. The summed E-state index contributed by atoms with van der Waals surface area (Å²) >= 11 is 13.4. The summed E-state index contributed by atoms with van der Waals surface area (Å²) in [5, 5.41) is 9.78. The van der Waals surface area contributed by atoms with Crippen LogP contribution in [0.5, 0.6) is 0 Å². The van der Waals surface area contributed by atoms with Crippen molar-refractivity contribution in [3.63, 3.8) is 0 Å². The van der Waals surface area contributed by atoms with E-state index in [0.29, 0.717) is 33.1 Å². The van der Waals surface area contributed by atoms with Crippen molar-refractivity contribution in [1.82, 2.24) is 15.2 Å². The SMILES string of the molecule is O=c1[nH]c(SCc2ccc(Cl)cc2Cl)nnc1Cc1ccccc1. The smallest absolute Gasteiger partial charge is 0.273 e. The highest BCUT2D eigenvalue weighted by molar-refractivity contribution is 7.98. The maximum Gasteiger partial charge on any atom is 0.273 e. The Hall–Kier alpha value is -1.82. The third-order valence-corrected chi connectivity index (χ3v) is 4.84. The fourth-order valence-corrected chi connectivity index (χ4v) is 3.46. The van der Waals surface area contributed by atoms with Gasteiger partial charge in [-0.1, -0.05) is 71.4 Å². The summed E-state index contributed by atoms with van der Waals surface area (Å²) in [5.41, 5.74) is 2.11. The molecule has 0 unspecified atom stereocenters. The van der Waals surface area contributed by atoms with Gasteiger partial charge in [0.15, 0.2) is 5.16 Å². The molecule has 0 bridgehead atoms. The van der Waals surface area contributed by atoms with Gasteiger partial charge in [0, 0.05) is 22.2 Å². The Balaban J connectivity index is 1.69. The zero-order valence-corrected chi connectivity index (χ0v) is 14.8. The second-order valence-corrected chi connectivity index (χ2v) is 6.90. The van der Waals surface area contributed by atoms with Crippen molar-refractivity contribution in [2.45, 2.75) is 17.3 Å². The molecule has 0 radical (unpaired) electrons. The van der Waals surface area contributed by atoms with E-state index < -0.39 is 0 Å². The second-order valence-electron chi connectivity index (χ2n) is 5.09. The van der Waals surface area contributed by atoms with E-state index in [1.54, 1.807) is 12.1 Å². The van der Waals surface area contributed by atoms with Gasteiger partial charge in [0.05, 0.1) is 0 Å². The molecule has 0 atom stereocenters. The van der Waals surface area contributed by atoms with Crippen LogP contribution in [0.1, 0.15) is 16.8 Å². The van der Waals surface area contributed by atoms with Crippen LogP contribution < -0.4 is 5.56 Å². The fourth-order valence-electron chi connectivity index (χ4n) is 2.10. The maximum atomic E-state index is 12.2. The maximum absolute atomic E-state index is 12.2. The van der Waals surface area contributed by atoms with Crippen molar-refractivity contribution in [2.24, 2.45) is 0 Å². The van der Waals surface area contributed by atoms with E-state index in [0.717, 1.165) is 11.1 Å². The Bertz CT molecular complexity index is 900. The second kappa shape index (κ2) is 7.83. The number of aromatic nitrogens is 3. The first-order valence-corrected chi connectivity index (χ1v) is 8.92.